The summed E-state index contributed by atoms with van der Waals surface area (Å²) in [4.78, 5) is 39.4. The van der Waals surface area contributed by atoms with Crippen molar-refractivity contribution < 1.29 is 19.2 Å². The van der Waals surface area contributed by atoms with Crippen LogP contribution in [-0.2, 0) is 14.3 Å². The van der Waals surface area contributed by atoms with Crippen LogP contribution < -0.4 is 4.90 Å². The molecule has 2 heterocycles. The Morgan fingerprint density at radius 2 is 1.76 bits per heavy atom. The summed E-state index contributed by atoms with van der Waals surface area (Å²) in [6, 6.07) is 6.64. The minimum absolute atomic E-state index is 0.0733. The molecule has 0 saturated carbocycles. The van der Waals surface area contributed by atoms with Crippen LogP contribution in [0.1, 0.15) is 33.1 Å². The van der Waals surface area contributed by atoms with Crippen LogP contribution in [0.15, 0.2) is 24.3 Å². The van der Waals surface area contributed by atoms with E-state index in [0.29, 0.717) is 43.5 Å². The van der Waals surface area contributed by atoms with Gasteiger partial charge in [0.2, 0.25) is 0 Å². The topological polar surface area (TPSA) is 93.0 Å². The molecule has 2 aliphatic heterocycles. The van der Waals surface area contributed by atoms with E-state index in [9.17, 15) is 19.7 Å². The van der Waals surface area contributed by atoms with Crippen LogP contribution in [0, 0.1) is 27.9 Å². The number of nitrogens with zero attached hydrogens (tertiary/aromatic N) is 3. The van der Waals surface area contributed by atoms with E-state index in [1.165, 1.54) is 6.07 Å². The third-order valence-corrected chi connectivity index (χ3v) is 5.81. The van der Waals surface area contributed by atoms with Gasteiger partial charge < -0.3 is 14.5 Å². The van der Waals surface area contributed by atoms with Crippen molar-refractivity contribution in [3.63, 3.8) is 0 Å². The molecule has 0 radical (unpaired) electrons. The number of nitro groups is 1. The Labute approximate surface area is 171 Å². The Bertz CT molecular complexity index is 750. The molecular weight excluding hydrogens is 374 g/mol. The number of esters is 1. The average molecular weight is 403 g/mol. The van der Waals surface area contributed by atoms with E-state index >= 15 is 0 Å². The molecule has 0 aromatic heterocycles. The lowest BCUT2D eigenvalue weighted by Crippen LogP contribution is -2.45. The van der Waals surface area contributed by atoms with Gasteiger partial charge in [0.15, 0.2) is 6.61 Å². The van der Waals surface area contributed by atoms with Crippen molar-refractivity contribution >= 4 is 23.3 Å². The predicted octanol–water partition coefficient (Wildman–Crippen LogP) is 2.86. The number of likely N-dealkylation sites (tertiary alicyclic amines) is 1. The Balaban J connectivity index is 1.48. The van der Waals surface area contributed by atoms with Crippen molar-refractivity contribution in [2.45, 2.75) is 33.1 Å². The number of anilines is 1. The van der Waals surface area contributed by atoms with Gasteiger partial charge in [-0.1, -0.05) is 26.0 Å². The van der Waals surface area contributed by atoms with Gasteiger partial charge in [0.1, 0.15) is 5.69 Å². The molecule has 2 saturated heterocycles. The lowest BCUT2D eigenvalue weighted by Gasteiger charge is -2.35. The highest BCUT2D eigenvalue weighted by Gasteiger charge is 2.30. The van der Waals surface area contributed by atoms with Gasteiger partial charge >= 0.3 is 5.97 Å². The average Bonchev–Trinajstić information content (AvgIpc) is 2.71. The normalized spacial score (nSPS) is 23.0. The SMILES string of the molecule is C[C@@H]1C[C@H](C)CN(C(=O)COC(=O)C2CCN(c3ccccc3[N+](=O)[O-])CC2)C1. The lowest BCUT2D eigenvalue weighted by molar-refractivity contribution is -0.384. The largest absolute Gasteiger partial charge is 0.455 e. The molecule has 2 aliphatic rings. The maximum absolute atomic E-state index is 12.4. The molecule has 2 fully saturated rings. The number of hydrogen-bond acceptors (Lipinski definition) is 6. The first kappa shape index (κ1) is 21.1. The maximum atomic E-state index is 12.4. The van der Waals surface area contributed by atoms with Crippen LogP contribution in [0.25, 0.3) is 0 Å². The van der Waals surface area contributed by atoms with Gasteiger partial charge in [-0.15, -0.1) is 0 Å². The molecule has 0 unspecified atom stereocenters. The fraction of sp³-hybridized carbons (Fsp3) is 0.619. The first-order valence-corrected chi connectivity index (χ1v) is 10.3. The van der Waals surface area contributed by atoms with Crippen LogP contribution in [0.2, 0.25) is 0 Å². The van der Waals surface area contributed by atoms with E-state index in [1.54, 1.807) is 23.1 Å². The number of amides is 1. The Kier molecular flexibility index (Phi) is 6.71. The number of piperidine rings is 2. The van der Waals surface area contributed by atoms with E-state index in [0.717, 1.165) is 19.5 Å². The second-order valence-electron chi connectivity index (χ2n) is 8.36. The highest BCUT2D eigenvalue weighted by atomic mass is 16.6. The minimum Gasteiger partial charge on any atom is -0.455 e. The van der Waals surface area contributed by atoms with E-state index in [4.69, 9.17) is 4.74 Å². The highest BCUT2D eigenvalue weighted by molar-refractivity contribution is 5.81. The second kappa shape index (κ2) is 9.24. The van der Waals surface area contributed by atoms with Crippen molar-refractivity contribution in [1.82, 2.24) is 4.90 Å². The minimum atomic E-state index is -0.385. The third kappa shape index (κ3) is 5.25. The second-order valence-corrected chi connectivity index (χ2v) is 8.36. The molecule has 8 nitrogen and oxygen atoms in total. The molecule has 158 valence electrons. The molecule has 0 bridgehead atoms. The summed E-state index contributed by atoms with van der Waals surface area (Å²) in [5, 5.41) is 11.2. The summed E-state index contributed by atoms with van der Waals surface area (Å²) >= 11 is 0. The molecule has 0 spiro atoms. The highest BCUT2D eigenvalue weighted by Crippen LogP contribution is 2.31. The Morgan fingerprint density at radius 1 is 1.14 bits per heavy atom. The molecule has 8 heteroatoms. The van der Waals surface area contributed by atoms with Gasteiger partial charge in [0.25, 0.3) is 11.6 Å². The van der Waals surface area contributed by atoms with Gasteiger partial charge in [0.05, 0.1) is 10.8 Å². The number of carbonyl (C=O) groups excluding carboxylic acids is 2. The monoisotopic (exact) mass is 403 g/mol. The number of rotatable bonds is 5. The van der Waals surface area contributed by atoms with E-state index in [1.807, 2.05) is 4.90 Å². The molecule has 2 atom stereocenters. The fourth-order valence-corrected chi connectivity index (χ4v) is 4.45. The van der Waals surface area contributed by atoms with E-state index < -0.39 is 0 Å². The number of para-hydroxylation sites is 2. The summed E-state index contributed by atoms with van der Waals surface area (Å²) in [5.41, 5.74) is 0.650. The smallest absolute Gasteiger partial charge is 0.309 e. The number of carbonyl (C=O) groups is 2. The van der Waals surface area contributed by atoms with Gasteiger partial charge in [-0.2, -0.15) is 0 Å². The van der Waals surface area contributed by atoms with Crippen molar-refractivity contribution in [1.29, 1.82) is 0 Å². The van der Waals surface area contributed by atoms with Gasteiger partial charge in [-0.25, -0.2) is 0 Å². The summed E-state index contributed by atoms with van der Waals surface area (Å²) in [5.74, 6) is 0.170. The summed E-state index contributed by atoms with van der Waals surface area (Å²) in [7, 11) is 0. The zero-order valence-corrected chi connectivity index (χ0v) is 17.1. The molecule has 3 rings (SSSR count). The number of benzene rings is 1. The van der Waals surface area contributed by atoms with Crippen LogP contribution in [0.4, 0.5) is 11.4 Å². The van der Waals surface area contributed by atoms with Crippen LogP contribution in [0.5, 0.6) is 0 Å². The molecule has 0 N–H and O–H groups in total. The molecule has 1 amide bonds. The van der Waals surface area contributed by atoms with Gasteiger partial charge in [-0.3, -0.25) is 19.7 Å². The molecular formula is C21H29N3O5. The summed E-state index contributed by atoms with van der Waals surface area (Å²) < 4.78 is 5.31. The van der Waals surface area contributed by atoms with Crippen molar-refractivity contribution in [2.75, 3.05) is 37.7 Å². The van der Waals surface area contributed by atoms with Gasteiger partial charge in [0, 0.05) is 32.2 Å². The predicted molar refractivity (Wildman–Crippen MR) is 109 cm³/mol. The molecule has 29 heavy (non-hydrogen) atoms. The zero-order valence-electron chi connectivity index (χ0n) is 17.1. The Hall–Kier alpha value is -2.64. The first-order chi connectivity index (χ1) is 13.8. The van der Waals surface area contributed by atoms with E-state index in [2.05, 4.69) is 13.8 Å². The van der Waals surface area contributed by atoms with Crippen LogP contribution >= 0.6 is 0 Å². The van der Waals surface area contributed by atoms with Crippen molar-refractivity contribution in [2.24, 2.45) is 17.8 Å². The lowest BCUT2D eigenvalue weighted by atomic mass is 9.92. The van der Waals surface area contributed by atoms with Crippen molar-refractivity contribution in [3.05, 3.63) is 34.4 Å². The number of ether oxygens (including phenoxy) is 1. The maximum Gasteiger partial charge on any atom is 0.309 e. The zero-order chi connectivity index (χ0) is 21.0. The molecule has 1 aromatic carbocycles. The third-order valence-electron chi connectivity index (χ3n) is 5.81. The van der Waals surface area contributed by atoms with Crippen LogP contribution in [0.3, 0.4) is 0 Å². The van der Waals surface area contributed by atoms with Crippen molar-refractivity contribution in [3.8, 4) is 0 Å². The van der Waals surface area contributed by atoms with Crippen LogP contribution in [-0.4, -0.2) is 54.5 Å². The quantitative estimate of drug-likeness (QED) is 0.426. The molecule has 1 aromatic rings. The first-order valence-electron chi connectivity index (χ1n) is 10.3. The van der Waals surface area contributed by atoms with Gasteiger partial charge in [-0.05, 0) is 37.2 Å². The summed E-state index contributed by atoms with van der Waals surface area (Å²) in [6.07, 6.45) is 2.22. The summed E-state index contributed by atoms with van der Waals surface area (Å²) in [6.45, 7) is 6.58. The number of hydrogen-bond donors (Lipinski definition) is 0. The Morgan fingerprint density at radius 3 is 2.38 bits per heavy atom. The van der Waals surface area contributed by atoms with E-state index in [-0.39, 0.29) is 35.0 Å². The number of nitro benzene ring substituents is 1. The standard InChI is InChI=1S/C21H29N3O5/c1-15-11-16(2)13-23(12-15)20(25)14-29-21(26)17-7-9-22(10-8-17)18-5-3-4-6-19(18)24(27)28/h3-6,15-17H,7-14H2,1-2H3/t15-,16+. The molecule has 0 aliphatic carbocycles. The fourth-order valence-electron chi connectivity index (χ4n) is 4.45.